The second-order valence-corrected chi connectivity index (χ2v) is 8.16. The van der Waals surface area contributed by atoms with Gasteiger partial charge in [-0.05, 0) is 64.4 Å². The number of anilines is 1. The number of carbonyl (C=O) groups excluding carboxylic acids is 1. The van der Waals surface area contributed by atoms with Gasteiger partial charge in [0.05, 0.1) is 19.1 Å². The third-order valence-electron chi connectivity index (χ3n) is 5.82. The minimum Gasteiger partial charge on any atom is -0.497 e. The molecule has 0 radical (unpaired) electrons. The lowest BCUT2D eigenvalue weighted by Crippen LogP contribution is -2.63. The van der Waals surface area contributed by atoms with E-state index in [4.69, 9.17) is 4.74 Å². The molecule has 0 aromatic heterocycles. The van der Waals surface area contributed by atoms with Crippen LogP contribution in [-0.2, 0) is 4.79 Å². The summed E-state index contributed by atoms with van der Waals surface area (Å²) in [6.07, 6.45) is 0. The number of β-lactam (4-membered cyclic amide) rings is 1. The van der Waals surface area contributed by atoms with Crippen molar-refractivity contribution >= 4 is 11.6 Å². The molecule has 1 aliphatic heterocycles. The second kappa shape index (κ2) is 8.36. The number of benzene rings is 2. The monoisotopic (exact) mass is 380 g/mol. The van der Waals surface area contributed by atoms with Crippen LogP contribution in [0.4, 0.5) is 5.69 Å². The van der Waals surface area contributed by atoms with E-state index in [9.17, 15) is 4.79 Å². The molecule has 1 amide bonds. The van der Waals surface area contributed by atoms with Crippen LogP contribution < -0.4 is 9.64 Å². The van der Waals surface area contributed by atoms with Crippen LogP contribution >= 0.6 is 0 Å². The normalized spacial score (nSPS) is 20.6. The average molecular weight is 381 g/mol. The molecule has 0 N–H and O–H groups in total. The van der Waals surface area contributed by atoms with Crippen LogP contribution in [0.1, 0.15) is 46.2 Å². The van der Waals surface area contributed by atoms with Gasteiger partial charge in [0.2, 0.25) is 5.91 Å². The standard InChI is InChI=1S/C24H32N2O2/c1-16(2)25(17(3)4)18(5)22-23(19-10-8-7-9-11-19)26(24(22)27)20-12-14-21(28-6)15-13-20/h7-18,22-23H,1-6H3/t18-,22-,23-/m0/s1. The van der Waals surface area contributed by atoms with E-state index in [2.05, 4.69) is 63.8 Å². The predicted molar refractivity (Wildman–Crippen MR) is 115 cm³/mol. The predicted octanol–water partition coefficient (Wildman–Crippen LogP) is 4.91. The van der Waals surface area contributed by atoms with Crippen LogP contribution in [0.3, 0.4) is 0 Å². The SMILES string of the molecule is COc1ccc(N2C(=O)[C@@H]([C@H](C)N(C(C)C)C(C)C)[C@@H]2c2ccccc2)cc1. The van der Waals surface area contributed by atoms with Gasteiger partial charge < -0.3 is 9.64 Å². The molecular formula is C24H32N2O2. The van der Waals surface area contributed by atoms with Crippen LogP contribution in [0.2, 0.25) is 0 Å². The highest BCUT2D eigenvalue weighted by atomic mass is 16.5. The zero-order chi connectivity index (χ0) is 20.4. The molecule has 4 heteroatoms. The van der Waals surface area contributed by atoms with Gasteiger partial charge in [0.25, 0.3) is 0 Å². The number of hydrogen-bond acceptors (Lipinski definition) is 3. The van der Waals surface area contributed by atoms with E-state index >= 15 is 0 Å². The van der Waals surface area contributed by atoms with E-state index in [1.54, 1.807) is 7.11 Å². The lowest BCUT2D eigenvalue weighted by molar-refractivity contribution is -0.134. The quantitative estimate of drug-likeness (QED) is 0.640. The molecule has 2 aromatic carbocycles. The molecule has 0 aliphatic carbocycles. The Morgan fingerprint density at radius 3 is 1.96 bits per heavy atom. The summed E-state index contributed by atoms with van der Waals surface area (Å²) in [7, 11) is 1.65. The highest BCUT2D eigenvalue weighted by Gasteiger charge is 2.52. The first-order valence-electron chi connectivity index (χ1n) is 10.2. The van der Waals surface area contributed by atoms with Crippen LogP contribution in [0.15, 0.2) is 54.6 Å². The molecule has 4 nitrogen and oxygen atoms in total. The summed E-state index contributed by atoms with van der Waals surface area (Å²) in [5, 5.41) is 0. The number of carbonyl (C=O) groups is 1. The van der Waals surface area contributed by atoms with Gasteiger partial charge in [-0.1, -0.05) is 30.3 Å². The van der Waals surface area contributed by atoms with Gasteiger partial charge in [-0.15, -0.1) is 0 Å². The van der Waals surface area contributed by atoms with Crippen molar-refractivity contribution in [1.82, 2.24) is 4.90 Å². The van der Waals surface area contributed by atoms with Crippen LogP contribution in [0, 0.1) is 5.92 Å². The Bertz CT molecular complexity index is 778. The van der Waals surface area contributed by atoms with E-state index in [0.717, 1.165) is 11.4 Å². The first-order valence-corrected chi connectivity index (χ1v) is 10.2. The molecule has 0 bridgehead atoms. The Morgan fingerprint density at radius 2 is 1.46 bits per heavy atom. The highest BCUT2D eigenvalue weighted by molar-refractivity contribution is 6.03. The lowest BCUT2D eigenvalue weighted by atomic mass is 9.76. The molecule has 1 aliphatic rings. The zero-order valence-corrected chi connectivity index (χ0v) is 17.8. The summed E-state index contributed by atoms with van der Waals surface area (Å²) in [6.45, 7) is 11.0. The Morgan fingerprint density at radius 1 is 0.893 bits per heavy atom. The molecule has 1 heterocycles. The van der Waals surface area contributed by atoms with Crippen molar-refractivity contribution in [3.05, 3.63) is 60.2 Å². The number of ether oxygens (including phenoxy) is 1. The summed E-state index contributed by atoms with van der Waals surface area (Å²) in [5.74, 6) is 0.927. The molecule has 0 unspecified atom stereocenters. The Balaban J connectivity index is 1.97. The van der Waals surface area contributed by atoms with Crippen molar-refractivity contribution in [2.75, 3.05) is 12.0 Å². The van der Waals surface area contributed by atoms with Crippen LogP contribution in [-0.4, -0.2) is 36.0 Å². The largest absolute Gasteiger partial charge is 0.497 e. The number of nitrogens with zero attached hydrogens (tertiary/aromatic N) is 2. The Labute approximate surface area is 169 Å². The topological polar surface area (TPSA) is 32.8 Å². The van der Waals surface area contributed by atoms with Crippen molar-refractivity contribution in [2.45, 2.75) is 58.8 Å². The maximum Gasteiger partial charge on any atom is 0.234 e. The third-order valence-corrected chi connectivity index (χ3v) is 5.82. The van der Waals surface area contributed by atoms with Gasteiger partial charge in [-0.3, -0.25) is 9.69 Å². The van der Waals surface area contributed by atoms with Crippen LogP contribution in [0.25, 0.3) is 0 Å². The molecule has 0 saturated carbocycles. The maximum atomic E-state index is 13.4. The summed E-state index contributed by atoms with van der Waals surface area (Å²) in [4.78, 5) is 17.7. The van der Waals surface area contributed by atoms with Gasteiger partial charge in [-0.25, -0.2) is 0 Å². The van der Waals surface area contributed by atoms with Gasteiger partial charge in [-0.2, -0.15) is 0 Å². The van der Waals surface area contributed by atoms with Gasteiger partial charge in [0.15, 0.2) is 0 Å². The van der Waals surface area contributed by atoms with Crippen molar-refractivity contribution in [2.24, 2.45) is 5.92 Å². The number of methoxy groups -OCH3 is 1. The molecule has 0 spiro atoms. The fraction of sp³-hybridized carbons (Fsp3) is 0.458. The molecular weight excluding hydrogens is 348 g/mol. The summed E-state index contributed by atoms with van der Waals surface area (Å²) >= 11 is 0. The molecule has 1 saturated heterocycles. The first kappa shape index (κ1) is 20.4. The number of hydrogen-bond donors (Lipinski definition) is 0. The second-order valence-electron chi connectivity index (χ2n) is 8.16. The van der Waals surface area contributed by atoms with E-state index in [1.807, 2.05) is 35.2 Å². The van der Waals surface area contributed by atoms with Crippen molar-refractivity contribution < 1.29 is 9.53 Å². The van der Waals surface area contributed by atoms with Gasteiger partial charge in [0.1, 0.15) is 5.75 Å². The summed E-state index contributed by atoms with van der Waals surface area (Å²) in [5.41, 5.74) is 2.10. The maximum absolute atomic E-state index is 13.4. The smallest absolute Gasteiger partial charge is 0.234 e. The van der Waals surface area contributed by atoms with Crippen molar-refractivity contribution in [3.8, 4) is 5.75 Å². The molecule has 28 heavy (non-hydrogen) atoms. The minimum atomic E-state index is -0.0608. The highest BCUT2D eigenvalue weighted by Crippen LogP contribution is 2.46. The van der Waals surface area contributed by atoms with E-state index < -0.39 is 0 Å². The number of rotatable bonds is 7. The fourth-order valence-electron chi connectivity index (χ4n) is 4.74. The van der Waals surface area contributed by atoms with E-state index in [0.29, 0.717) is 12.1 Å². The molecule has 3 rings (SSSR count). The summed E-state index contributed by atoms with van der Waals surface area (Å²) < 4.78 is 5.27. The van der Waals surface area contributed by atoms with Crippen molar-refractivity contribution in [1.29, 1.82) is 0 Å². The average Bonchev–Trinajstić information content (AvgIpc) is 2.66. The van der Waals surface area contributed by atoms with E-state index in [1.165, 1.54) is 5.56 Å². The molecule has 1 fully saturated rings. The van der Waals surface area contributed by atoms with Gasteiger partial charge >= 0.3 is 0 Å². The van der Waals surface area contributed by atoms with Crippen molar-refractivity contribution in [3.63, 3.8) is 0 Å². The molecule has 3 atom stereocenters. The molecule has 150 valence electrons. The molecule has 2 aromatic rings. The van der Waals surface area contributed by atoms with Crippen LogP contribution in [0.5, 0.6) is 5.75 Å². The number of amides is 1. The van der Waals surface area contributed by atoms with Gasteiger partial charge in [0, 0.05) is 23.8 Å². The Kier molecular flexibility index (Phi) is 6.09. The fourth-order valence-corrected chi connectivity index (χ4v) is 4.74. The summed E-state index contributed by atoms with van der Waals surface area (Å²) in [6, 6.07) is 19.1. The zero-order valence-electron chi connectivity index (χ0n) is 17.8. The first-order chi connectivity index (χ1) is 13.4. The Hall–Kier alpha value is -2.33. The lowest BCUT2D eigenvalue weighted by Gasteiger charge is -2.53. The van der Waals surface area contributed by atoms with E-state index in [-0.39, 0.29) is 23.9 Å². The third kappa shape index (κ3) is 3.66. The minimum absolute atomic E-state index is 0.0390.